The number of piperazine rings is 2. The molecule has 2 aliphatic heterocycles. The Bertz CT molecular complexity index is 1470. The Hall–Kier alpha value is -4.68. The van der Waals surface area contributed by atoms with Crippen molar-refractivity contribution < 1.29 is 43.2 Å². The molecular weight excluding hydrogens is 690 g/mol. The largest absolute Gasteiger partial charge is 0.478 e. The lowest BCUT2D eigenvalue weighted by Gasteiger charge is -2.34. The molecule has 0 radical (unpaired) electrons. The van der Waals surface area contributed by atoms with Gasteiger partial charge in [-0.15, -0.1) is 0 Å². The van der Waals surface area contributed by atoms with Gasteiger partial charge >= 0.3 is 18.2 Å². The third-order valence-electron chi connectivity index (χ3n) is 8.10. The summed E-state index contributed by atoms with van der Waals surface area (Å²) in [7, 11) is 0. The zero-order valence-corrected chi connectivity index (χ0v) is 31.7. The van der Waals surface area contributed by atoms with Gasteiger partial charge in [-0.1, -0.05) is 0 Å². The van der Waals surface area contributed by atoms with Crippen LogP contribution in [-0.4, -0.2) is 160 Å². The second-order valence-electron chi connectivity index (χ2n) is 14.7. The molecule has 4 heterocycles. The molecule has 2 saturated heterocycles. The number of carbonyl (C=O) groups excluding carboxylic acids is 3. The maximum atomic E-state index is 12.8. The molecular formula is C35H53N9O9. The van der Waals surface area contributed by atoms with Gasteiger partial charge < -0.3 is 38.8 Å². The molecule has 0 spiro atoms. The fourth-order valence-corrected chi connectivity index (χ4v) is 5.37. The number of rotatable bonds is 14. The number of ether oxygens (including phenoxy) is 4. The van der Waals surface area contributed by atoms with E-state index >= 15 is 0 Å². The van der Waals surface area contributed by atoms with Crippen molar-refractivity contribution in [1.29, 1.82) is 0 Å². The van der Waals surface area contributed by atoms with Gasteiger partial charge in [0.1, 0.15) is 11.2 Å². The second-order valence-corrected chi connectivity index (χ2v) is 14.7. The summed E-state index contributed by atoms with van der Waals surface area (Å²) in [5.41, 5.74) is -1.01. The van der Waals surface area contributed by atoms with Crippen LogP contribution in [0.15, 0.2) is 24.8 Å². The van der Waals surface area contributed by atoms with Crippen LogP contribution in [0.2, 0.25) is 0 Å². The summed E-state index contributed by atoms with van der Waals surface area (Å²) < 4.78 is 22.2. The van der Waals surface area contributed by atoms with Gasteiger partial charge in [-0.25, -0.2) is 39.2 Å². The van der Waals surface area contributed by atoms with Gasteiger partial charge in [-0.05, 0) is 41.5 Å². The molecule has 1 N–H and O–H groups in total. The molecule has 2 aromatic rings. The normalized spacial score (nSPS) is 15.6. The average Bonchev–Trinajstić information content (AvgIpc) is 3.10. The molecule has 0 saturated carbocycles. The summed E-state index contributed by atoms with van der Waals surface area (Å²) in [5, 5.41) is 9.01. The van der Waals surface area contributed by atoms with Crippen molar-refractivity contribution in [2.45, 2.75) is 65.7 Å². The number of carbonyl (C=O) groups is 4. The van der Waals surface area contributed by atoms with E-state index in [-0.39, 0.29) is 24.4 Å². The van der Waals surface area contributed by atoms with E-state index in [1.54, 1.807) is 58.8 Å². The second kappa shape index (κ2) is 18.9. The molecule has 0 atom stereocenters. The van der Waals surface area contributed by atoms with Gasteiger partial charge in [-0.3, -0.25) is 9.69 Å². The smallest absolute Gasteiger partial charge is 0.420 e. The average molecular weight is 744 g/mol. The minimum atomic E-state index is -1.04. The first-order valence-corrected chi connectivity index (χ1v) is 17.8. The summed E-state index contributed by atoms with van der Waals surface area (Å²) in [5.74, 6) is 0.00369. The molecule has 53 heavy (non-hydrogen) atoms. The van der Waals surface area contributed by atoms with E-state index in [4.69, 9.17) is 24.1 Å². The molecule has 18 heteroatoms. The first-order valence-electron chi connectivity index (χ1n) is 17.8. The summed E-state index contributed by atoms with van der Waals surface area (Å²) in [6.07, 6.45) is 4.41. The first kappa shape index (κ1) is 41.1. The Morgan fingerprint density at radius 3 is 1.64 bits per heavy atom. The van der Waals surface area contributed by atoms with Crippen molar-refractivity contribution in [2.24, 2.45) is 0 Å². The van der Waals surface area contributed by atoms with Crippen molar-refractivity contribution in [2.75, 3.05) is 95.1 Å². The highest BCUT2D eigenvalue weighted by Gasteiger charge is 2.32. The molecule has 2 aliphatic rings. The van der Waals surface area contributed by atoms with Gasteiger partial charge in [0.25, 0.3) is 0 Å². The van der Waals surface area contributed by atoms with Crippen LogP contribution in [-0.2, 0) is 30.3 Å². The van der Waals surface area contributed by atoms with Crippen molar-refractivity contribution in [3.05, 3.63) is 35.9 Å². The van der Waals surface area contributed by atoms with Gasteiger partial charge in [-0.2, -0.15) is 0 Å². The molecule has 292 valence electrons. The van der Waals surface area contributed by atoms with Crippen LogP contribution in [0.4, 0.5) is 21.5 Å². The Kier molecular flexibility index (Phi) is 14.6. The first-order chi connectivity index (χ1) is 25.1. The quantitative estimate of drug-likeness (QED) is 0.277. The highest BCUT2D eigenvalue weighted by Crippen LogP contribution is 2.18. The van der Waals surface area contributed by atoms with E-state index < -0.39 is 29.4 Å². The van der Waals surface area contributed by atoms with Gasteiger partial charge in [0.15, 0.2) is 0 Å². The number of hydrogen-bond donors (Lipinski definition) is 1. The van der Waals surface area contributed by atoms with Crippen LogP contribution in [0.5, 0.6) is 0 Å². The van der Waals surface area contributed by atoms with E-state index in [9.17, 15) is 19.2 Å². The third kappa shape index (κ3) is 13.7. The predicted molar refractivity (Wildman–Crippen MR) is 193 cm³/mol. The summed E-state index contributed by atoms with van der Waals surface area (Å²) in [6, 6.07) is 0. The lowest BCUT2D eigenvalue weighted by Crippen LogP contribution is -2.49. The topological polar surface area (TPSA) is 193 Å². The van der Waals surface area contributed by atoms with Gasteiger partial charge in [0, 0.05) is 89.3 Å². The Morgan fingerprint density at radius 1 is 0.679 bits per heavy atom. The number of hydrogen-bond acceptors (Lipinski definition) is 15. The SMILES string of the molecule is CC(C)(C)OC(=O)N(Cc1cnc(N2CCN(C(=O)CCOCCOCCN3CCN(c4ncc(C(=O)O)cn4)CC3)CC2)nc1)C(=O)OC(C)(C)C. The van der Waals surface area contributed by atoms with E-state index in [0.717, 1.165) is 37.6 Å². The lowest BCUT2D eigenvalue weighted by atomic mass is 10.2. The number of imide groups is 1. The maximum Gasteiger partial charge on any atom is 0.420 e. The van der Waals surface area contributed by atoms with Crippen LogP contribution in [0.25, 0.3) is 0 Å². The number of aromatic carboxylic acids is 1. The van der Waals surface area contributed by atoms with Crippen LogP contribution in [0.1, 0.15) is 63.9 Å². The zero-order chi connectivity index (χ0) is 38.6. The van der Waals surface area contributed by atoms with Crippen LogP contribution >= 0.6 is 0 Å². The standard InChI is InChI=1S/C35H53N9O9/c1-34(2,3)52-32(48)44(33(49)53-35(4,5)6)25-26-21-36-30(37-22-26)43-14-12-41(13-15-43)28(45)7-17-50-19-20-51-18-16-40-8-10-42(11-9-40)31-38-23-27(24-39-31)29(46)47/h21-24H,7-20,25H2,1-6H3,(H,46,47). The monoisotopic (exact) mass is 743 g/mol. The van der Waals surface area contributed by atoms with Crippen LogP contribution in [0.3, 0.4) is 0 Å². The van der Waals surface area contributed by atoms with Gasteiger partial charge in [0.05, 0.1) is 45.0 Å². The van der Waals surface area contributed by atoms with Gasteiger partial charge in [0.2, 0.25) is 17.8 Å². The number of aromatic nitrogens is 4. The van der Waals surface area contributed by atoms with Crippen LogP contribution < -0.4 is 9.80 Å². The minimum absolute atomic E-state index is 0.0218. The van der Waals surface area contributed by atoms with E-state index in [1.807, 2.05) is 9.80 Å². The summed E-state index contributed by atoms with van der Waals surface area (Å²) >= 11 is 0. The molecule has 4 rings (SSSR count). The number of amides is 3. The predicted octanol–water partition coefficient (Wildman–Crippen LogP) is 2.53. The molecule has 0 aliphatic carbocycles. The fraction of sp³-hybridized carbons (Fsp3) is 0.657. The molecule has 3 amide bonds. The van der Waals surface area contributed by atoms with E-state index in [2.05, 4.69) is 24.8 Å². The van der Waals surface area contributed by atoms with E-state index in [0.29, 0.717) is 70.1 Å². The molecule has 0 unspecified atom stereocenters. The Labute approximate surface area is 310 Å². The number of carboxylic acids is 1. The van der Waals surface area contributed by atoms with Crippen molar-refractivity contribution in [3.8, 4) is 0 Å². The van der Waals surface area contributed by atoms with Crippen LogP contribution in [0, 0.1) is 0 Å². The van der Waals surface area contributed by atoms with Crippen molar-refractivity contribution in [3.63, 3.8) is 0 Å². The number of anilines is 2. The minimum Gasteiger partial charge on any atom is -0.478 e. The zero-order valence-electron chi connectivity index (χ0n) is 31.7. The molecule has 18 nitrogen and oxygen atoms in total. The highest BCUT2D eigenvalue weighted by molar-refractivity contribution is 5.88. The summed E-state index contributed by atoms with van der Waals surface area (Å²) in [4.78, 5) is 75.7. The highest BCUT2D eigenvalue weighted by atomic mass is 16.6. The Balaban J connectivity index is 1.08. The fourth-order valence-electron chi connectivity index (χ4n) is 5.37. The molecule has 0 aromatic carbocycles. The van der Waals surface area contributed by atoms with E-state index in [1.165, 1.54) is 12.4 Å². The van der Waals surface area contributed by atoms with Crippen molar-refractivity contribution >= 4 is 36.0 Å². The molecule has 2 aromatic heterocycles. The molecule has 0 bridgehead atoms. The number of carboxylic acid groups (broad SMARTS) is 1. The van der Waals surface area contributed by atoms with Crippen molar-refractivity contribution in [1.82, 2.24) is 34.6 Å². The summed E-state index contributed by atoms with van der Waals surface area (Å²) in [6.45, 7) is 18.0. The Morgan fingerprint density at radius 2 is 1.15 bits per heavy atom. The third-order valence-corrected chi connectivity index (χ3v) is 8.10. The lowest BCUT2D eigenvalue weighted by molar-refractivity contribution is -0.132. The number of nitrogens with zero attached hydrogens (tertiary/aromatic N) is 9. The molecule has 2 fully saturated rings. The maximum absolute atomic E-state index is 12.8.